The SMILES string of the molecule is O=C1C[C@@H]([NH+]2CCN(c3ccc(Cl)c(Cl)c3)CC2)C(=O)N1c1ccc(Cl)cc1. The van der Waals surface area contributed by atoms with E-state index < -0.39 is 0 Å². The number of rotatable bonds is 3. The van der Waals surface area contributed by atoms with Gasteiger partial charge in [0.2, 0.25) is 5.91 Å². The van der Waals surface area contributed by atoms with Crippen LogP contribution in [0.25, 0.3) is 0 Å². The number of hydrogen-bond acceptors (Lipinski definition) is 3. The van der Waals surface area contributed by atoms with Crippen molar-refractivity contribution in [3.63, 3.8) is 0 Å². The van der Waals surface area contributed by atoms with Crippen molar-refractivity contribution in [2.75, 3.05) is 36.0 Å². The first-order valence-electron chi connectivity index (χ1n) is 9.11. The number of nitrogens with zero attached hydrogens (tertiary/aromatic N) is 2. The Morgan fingerprint density at radius 1 is 0.857 bits per heavy atom. The topological polar surface area (TPSA) is 45.1 Å². The maximum Gasteiger partial charge on any atom is 0.292 e. The molecule has 146 valence electrons. The molecule has 2 heterocycles. The molecule has 0 aromatic heterocycles. The van der Waals surface area contributed by atoms with Crippen LogP contribution in [0.15, 0.2) is 42.5 Å². The minimum Gasteiger partial charge on any atom is -0.360 e. The molecule has 4 rings (SSSR count). The predicted molar refractivity (Wildman–Crippen MR) is 112 cm³/mol. The molecule has 2 aliphatic heterocycles. The lowest BCUT2D eigenvalue weighted by atomic mass is 10.1. The van der Waals surface area contributed by atoms with Crippen molar-refractivity contribution >= 4 is 58.0 Å². The molecule has 8 heteroatoms. The first kappa shape index (κ1) is 19.5. The van der Waals surface area contributed by atoms with Crippen LogP contribution >= 0.6 is 34.8 Å². The van der Waals surface area contributed by atoms with Crippen molar-refractivity contribution in [2.24, 2.45) is 0 Å². The number of carbonyl (C=O) groups is 2. The smallest absolute Gasteiger partial charge is 0.292 e. The molecule has 2 fully saturated rings. The van der Waals surface area contributed by atoms with Gasteiger partial charge < -0.3 is 9.80 Å². The van der Waals surface area contributed by atoms with E-state index in [9.17, 15) is 9.59 Å². The molecule has 0 aliphatic carbocycles. The molecule has 5 nitrogen and oxygen atoms in total. The van der Waals surface area contributed by atoms with E-state index in [0.29, 0.717) is 20.8 Å². The highest BCUT2D eigenvalue weighted by molar-refractivity contribution is 6.42. The van der Waals surface area contributed by atoms with Crippen LogP contribution in [-0.4, -0.2) is 44.0 Å². The van der Waals surface area contributed by atoms with Crippen LogP contribution < -0.4 is 14.7 Å². The summed E-state index contributed by atoms with van der Waals surface area (Å²) >= 11 is 18.0. The molecule has 28 heavy (non-hydrogen) atoms. The summed E-state index contributed by atoms with van der Waals surface area (Å²) in [6, 6.07) is 12.1. The third-order valence-electron chi connectivity index (χ3n) is 5.40. The fourth-order valence-corrected chi connectivity index (χ4v) is 4.31. The van der Waals surface area contributed by atoms with Crippen molar-refractivity contribution in [1.82, 2.24) is 0 Å². The molecular weight excluding hydrogens is 421 g/mol. The van der Waals surface area contributed by atoms with Crippen molar-refractivity contribution in [3.05, 3.63) is 57.5 Å². The summed E-state index contributed by atoms with van der Waals surface area (Å²) in [5, 5.41) is 1.64. The molecular formula is C20H19Cl3N3O2+. The minimum absolute atomic E-state index is 0.134. The van der Waals surface area contributed by atoms with Crippen molar-refractivity contribution in [1.29, 1.82) is 0 Å². The molecule has 0 bridgehead atoms. The largest absolute Gasteiger partial charge is 0.360 e. The zero-order valence-corrected chi connectivity index (χ0v) is 17.3. The maximum atomic E-state index is 12.9. The van der Waals surface area contributed by atoms with E-state index in [2.05, 4.69) is 4.90 Å². The van der Waals surface area contributed by atoms with Crippen molar-refractivity contribution < 1.29 is 14.5 Å². The zero-order valence-electron chi connectivity index (χ0n) is 15.0. The second-order valence-electron chi connectivity index (χ2n) is 7.04. The number of piperazine rings is 1. The third-order valence-corrected chi connectivity index (χ3v) is 6.39. The average Bonchev–Trinajstić information content (AvgIpc) is 2.99. The van der Waals surface area contributed by atoms with Gasteiger partial charge in [-0.15, -0.1) is 0 Å². The summed E-state index contributed by atoms with van der Waals surface area (Å²) in [5.74, 6) is -0.290. The van der Waals surface area contributed by atoms with Gasteiger partial charge in [0, 0.05) is 10.7 Å². The Kier molecular flexibility index (Phi) is 5.52. The number of anilines is 2. The molecule has 2 aliphatic rings. The molecule has 2 aromatic carbocycles. The van der Waals surface area contributed by atoms with E-state index in [1.165, 1.54) is 4.90 Å². The predicted octanol–water partition coefficient (Wildman–Crippen LogP) is 2.68. The monoisotopic (exact) mass is 438 g/mol. The highest BCUT2D eigenvalue weighted by atomic mass is 35.5. The van der Waals surface area contributed by atoms with Gasteiger partial charge in [-0.2, -0.15) is 0 Å². The van der Waals surface area contributed by atoms with Gasteiger partial charge in [0.25, 0.3) is 5.91 Å². The summed E-state index contributed by atoms with van der Waals surface area (Å²) in [6.07, 6.45) is 0.240. The quantitative estimate of drug-likeness (QED) is 0.748. The van der Waals surface area contributed by atoms with Crippen molar-refractivity contribution in [3.8, 4) is 0 Å². The number of hydrogen-bond donors (Lipinski definition) is 1. The van der Waals surface area contributed by atoms with Gasteiger partial charge in [-0.25, -0.2) is 4.90 Å². The van der Waals surface area contributed by atoms with Crippen LogP contribution in [0.5, 0.6) is 0 Å². The van der Waals surface area contributed by atoms with E-state index in [1.54, 1.807) is 30.3 Å². The molecule has 0 spiro atoms. The summed E-state index contributed by atoms with van der Waals surface area (Å²) in [7, 11) is 0. The molecule has 0 radical (unpaired) electrons. The van der Waals surface area contributed by atoms with Gasteiger partial charge in [-0.3, -0.25) is 9.59 Å². The maximum absolute atomic E-state index is 12.9. The molecule has 0 saturated carbocycles. The minimum atomic E-state index is -0.334. The number of amides is 2. The van der Waals surface area contributed by atoms with E-state index in [0.717, 1.165) is 36.8 Å². The molecule has 2 saturated heterocycles. The number of carbonyl (C=O) groups excluding carboxylic acids is 2. The van der Waals surface area contributed by atoms with Gasteiger partial charge >= 0.3 is 0 Å². The lowest BCUT2D eigenvalue weighted by Gasteiger charge is -2.35. The summed E-state index contributed by atoms with van der Waals surface area (Å²) in [6.45, 7) is 3.12. The van der Waals surface area contributed by atoms with Crippen LogP contribution in [0.2, 0.25) is 15.1 Å². The van der Waals surface area contributed by atoms with Gasteiger partial charge in [0.15, 0.2) is 6.04 Å². The highest BCUT2D eigenvalue weighted by Crippen LogP contribution is 2.27. The van der Waals surface area contributed by atoms with E-state index >= 15 is 0 Å². The van der Waals surface area contributed by atoms with Gasteiger partial charge in [0.05, 0.1) is 48.3 Å². The lowest BCUT2D eigenvalue weighted by Crippen LogP contribution is -3.19. The highest BCUT2D eigenvalue weighted by Gasteiger charge is 2.46. The Bertz CT molecular complexity index is 911. The number of halogens is 3. The second kappa shape index (κ2) is 7.91. The third kappa shape index (κ3) is 3.72. The van der Waals surface area contributed by atoms with Gasteiger partial charge in [-0.1, -0.05) is 34.8 Å². The molecule has 2 aromatic rings. The second-order valence-corrected chi connectivity index (χ2v) is 8.30. The Balaban J connectivity index is 1.43. The summed E-state index contributed by atoms with van der Waals surface area (Å²) < 4.78 is 0. The molecule has 1 atom stereocenters. The fourth-order valence-electron chi connectivity index (χ4n) is 3.89. The van der Waals surface area contributed by atoms with Crippen LogP contribution in [0.4, 0.5) is 11.4 Å². The summed E-state index contributed by atoms with van der Waals surface area (Å²) in [5.41, 5.74) is 1.60. The van der Waals surface area contributed by atoms with E-state index in [1.807, 2.05) is 12.1 Å². The van der Waals surface area contributed by atoms with Gasteiger partial charge in [0.1, 0.15) is 0 Å². The molecule has 2 amide bonds. The zero-order chi connectivity index (χ0) is 19.8. The fraction of sp³-hybridized carbons (Fsp3) is 0.300. The van der Waals surface area contributed by atoms with Crippen LogP contribution in [0.3, 0.4) is 0 Å². The van der Waals surface area contributed by atoms with Gasteiger partial charge in [-0.05, 0) is 42.5 Å². The van der Waals surface area contributed by atoms with E-state index in [4.69, 9.17) is 34.8 Å². The van der Waals surface area contributed by atoms with Crippen molar-refractivity contribution in [2.45, 2.75) is 12.5 Å². The van der Waals surface area contributed by atoms with Crippen LogP contribution in [-0.2, 0) is 9.59 Å². The Labute approximate surface area is 178 Å². The van der Waals surface area contributed by atoms with E-state index in [-0.39, 0.29) is 24.3 Å². The first-order valence-corrected chi connectivity index (χ1v) is 10.2. The standard InChI is InChI=1S/C20H18Cl3N3O2/c21-13-1-3-14(4-2-13)26-19(27)12-18(20(26)28)25-9-7-24(8-10-25)15-5-6-16(22)17(23)11-15/h1-6,11,18H,7-10,12H2/p+1/t18-/m1/s1. The normalized spacial score (nSPS) is 20.9. The number of quaternary nitrogens is 1. The lowest BCUT2D eigenvalue weighted by molar-refractivity contribution is -0.915. The summed E-state index contributed by atoms with van der Waals surface area (Å²) in [4.78, 5) is 30.1. The average molecular weight is 440 g/mol. The Morgan fingerprint density at radius 3 is 2.14 bits per heavy atom. The number of imide groups is 1. The Hall–Kier alpha value is -1.79. The first-order chi connectivity index (χ1) is 13.4. The Morgan fingerprint density at radius 2 is 1.50 bits per heavy atom. The molecule has 1 N–H and O–H groups in total. The van der Waals surface area contributed by atoms with Crippen LogP contribution in [0, 0.1) is 0 Å². The van der Waals surface area contributed by atoms with Crippen LogP contribution in [0.1, 0.15) is 6.42 Å². The number of nitrogens with one attached hydrogen (secondary N) is 1. The number of benzene rings is 2. The molecule has 0 unspecified atom stereocenters.